The van der Waals surface area contributed by atoms with Crippen molar-refractivity contribution in [2.45, 2.75) is 26.2 Å². The molecule has 0 bridgehead atoms. The number of rotatable bonds is 6. The van der Waals surface area contributed by atoms with Gasteiger partial charge in [-0.25, -0.2) is 4.98 Å². The summed E-state index contributed by atoms with van der Waals surface area (Å²) < 4.78 is 5.51. The van der Waals surface area contributed by atoms with Crippen LogP contribution in [0.15, 0.2) is 31.0 Å². The standard InChI is InChI=1S/C17H24N2O3/c1-3-12-22-14-6-5-9-18-15(14)16(21)19-10-7-17(4-2,13-20)8-11-19/h3,5-6,9,20H,1,4,7-8,10-13H2,2H3. The summed E-state index contributed by atoms with van der Waals surface area (Å²) in [5, 5.41) is 9.58. The maximum absolute atomic E-state index is 12.7. The monoisotopic (exact) mass is 304 g/mol. The molecule has 1 aliphatic rings. The number of piperidine rings is 1. The third-order valence-electron chi connectivity index (χ3n) is 4.53. The Morgan fingerprint density at radius 2 is 2.27 bits per heavy atom. The van der Waals surface area contributed by atoms with E-state index < -0.39 is 0 Å². The van der Waals surface area contributed by atoms with Crippen molar-refractivity contribution >= 4 is 5.91 Å². The number of aliphatic hydroxyl groups is 1. The van der Waals surface area contributed by atoms with E-state index >= 15 is 0 Å². The molecule has 0 unspecified atom stereocenters. The van der Waals surface area contributed by atoms with Gasteiger partial charge in [0, 0.05) is 25.9 Å². The third kappa shape index (κ3) is 3.47. The normalized spacial score (nSPS) is 17.1. The van der Waals surface area contributed by atoms with Gasteiger partial charge in [0.25, 0.3) is 5.91 Å². The van der Waals surface area contributed by atoms with Crippen molar-refractivity contribution in [1.82, 2.24) is 9.88 Å². The molecule has 0 radical (unpaired) electrons. The van der Waals surface area contributed by atoms with Crippen LogP contribution in [0.1, 0.15) is 36.7 Å². The average molecular weight is 304 g/mol. The van der Waals surface area contributed by atoms with Crippen LogP contribution in [0.5, 0.6) is 5.75 Å². The van der Waals surface area contributed by atoms with Crippen LogP contribution in [0, 0.1) is 5.41 Å². The van der Waals surface area contributed by atoms with Gasteiger partial charge >= 0.3 is 0 Å². The van der Waals surface area contributed by atoms with Gasteiger partial charge in [0.2, 0.25) is 0 Å². The molecule has 1 saturated heterocycles. The molecule has 0 aromatic carbocycles. The zero-order valence-corrected chi connectivity index (χ0v) is 13.1. The van der Waals surface area contributed by atoms with Gasteiger partial charge in [0.05, 0.1) is 0 Å². The quantitative estimate of drug-likeness (QED) is 0.819. The van der Waals surface area contributed by atoms with Crippen molar-refractivity contribution < 1.29 is 14.6 Å². The number of amides is 1. The highest BCUT2D eigenvalue weighted by atomic mass is 16.5. The summed E-state index contributed by atoms with van der Waals surface area (Å²) in [6.45, 7) is 7.51. The molecule has 1 aromatic heterocycles. The lowest BCUT2D eigenvalue weighted by molar-refractivity contribution is 0.0332. The number of likely N-dealkylation sites (tertiary alicyclic amines) is 1. The Hall–Kier alpha value is -1.88. The summed E-state index contributed by atoms with van der Waals surface area (Å²) in [4.78, 5) is 18.6. The van der Waals surface area contributed by atoms with E-state index in [1.807, 2.05) is 0 Å². The SMILES string of the molecule is C=CCOc1cccnc1C(=O)N1CCC(CC)(CO)CC1. The van der Waals surface area contributed by atoms with Crippen LogP contribution in [-0.4, -0.2) is 47.2 Å². The summed E-state index contributed by atoms with van der Waals surface area (Å²) in [5.74, 6) is 0.379. The fourth-order valence-corrected chi connectivity index (χ4v) is 2.77. The first kappa shape index (κ1) is 16.5. The molecule has 0 atom stereocenters. The Labute approximate surface area is 131 Å². The minimum absolute atomic E-state index is 0.0386. The molecule has 1 amide bonds. The van der Waals surface area contributed by atoms with Crippen molar-refractivity contribution in [3.63, 3.8) is 0 Å². The van der Waals surface area contributed by atoms with E-state index in [1.54, 1.807) is 29.3 Å². The Bertz CT molecular complexity index is 516. The first-order valence-corrected chi connectivity index (χ1v) is 7.74. The van der Waals surface area contributed by atoms with Crippen LogP contribution in [0.4, 0.5) is 0 Å². The summed E-state index contributed by atoms with van der Waals surface area (Å²) in [5.41, 5.74) is 0.306. The van der Waals surface area contributed by atoms with Gasteiger partial charge in [0.1, 0.15) is 6.61 Å². The van der Waals surface area contributed by atoms with Gasteiger partial charge in [0.15, 0.2) is 11.4 Å². The number of aliphatic hydroxyl groups excluding tert-OH is 1. The highest BCUT2D eigenvalue weighted by molar-refractivity contribution is 5.95. The molecular weight excluding hydrogens is 280 g/mol. The second kappa shape index (κ2) is 7.40. The van der Waals surface area contributed by atoms with Crippen LogP contribution in [0.2, 0.25) is 0 Å². The number of nitrogens with zero attached hydrogens (tertiary/aromatic N) is 2. The van der Waals surface area contributed by atoms with Crippen LogP contribution in [0.25, 0.3) is 0 Å². The lowest BCUT2D eigenvalue weighted by atomic mass is 9.77. The molecule has 1 fully saturated rings. The van der Waals surface area contributed by atoms with E-state index in [2.05, 4.69) is 18.5 Å². The molecule has 0 aliphatic carbocycles. The predicted octanol–water partition coefficient (Wildman–Crippen LogP) is 2.27. The van der Waals surface area contributed by atoms with Gasteiger partial charge in [-0.3, -0.25) is 4.79 Å². The number of pyridine rings is 1. The Morgan fingerprint density at radius 1 is 1.55 bits per heavy atom. The highest BCUT2D eigenvalue weighted by Gasteiger charge is 2.34. The fraction of sp³-hybridized carbons (Fsp3) is 0.529. The summed E-state index contributed by atoms with van der Waals surface area (Å²) in [6.07, 6.45) is 5.81. The second-order valence-corrected chi connectivity index (χ2v) is 5.75. The lowest BCUT2D eigenvalue weighted by Crippen LogP contribution is -2.44. The summed E-state index contributed by atoms with van der Waals surface area (Å²) in [7, 11) is 0. The Balaban J connectivity index is 2.08. The van der Waals surface area contributed by atoms with Crippen molar-refractivity contribution in [3.05, 3.63) is 36.7 Å². The first-order valence-electron chi connectivity index (χ1n) is 7.74. The number of hydrogen-bond donors (Lipinski definition) is 1. The number of hydrogen-bond acceptors (Lipinski definition) is 4. The third-order valence-corrected chi connectivity index (χ3v) is 4.53. The molecule has 2 heterocycles. The molecule has 2 rings (SSSR count). The molecule has 0 saturated carbocycles. The Kier molecular flexibility index (Phi) is 5.55. The molecule has 5 heteroatoms. The van der Waals surface area contributed by atoms with E-state index in [0.717, 1.165) is 19.3 Å². The molecule has 0 spiro atoms. The van der Waals surface area contributed by atoms with E-state index in [-0.39, 0.29) is 17.9 Å². The van der Waals surface area contributed by atoms with E-state index in [9.17, 15) is 9.90 Å². The largest absolute Gasteiger partial charge is 0.487 e. The van der Waals surface area contributed by atoms with Crippen molar-refractivity contribution in [2.24, 2.45) is 5.41 Å². The predicted molar refractivity (Wildman–Crippen MR) is 84.9 cm³/mol. The zero-order chi connectivity index (χ0) is 16.0. The summed E-state index contributed by atoms with van der Waals surface area (Å²) in [6, 6.07) is 3.50. The minimum Gasteiger partial charge on any atom is -0.487 e. The van der Waals surface area contributed by atoms with Crippen LogP contribution in [0.3, 0.4) is 0 Å². The minimum atomic E-state index is -0.109. The molecule has 1 aliphatic heterocycles. The first-order chi connectivity index (χ1) is 10.7. The fourth-order valence-electron chi connectivity index (χ4n) is 2.77. The maximum Gasteiger partial charge on any atom is 0.276 e. The van der Waals surface area contributed by atoms with Gasteiger partial charge in [-0.1, -0.05) is 19.6 Å². The van der Waals surface area contributed by atoms with Crippen LogP contribution in [-0.2, 0) is 0 Å². The number of aromatic nitrogens is 1. The zero-order valence-electron chi connectivity index (χ0n) is 13.1. The van der Waals surface area contributed by atoms with E-state index in [4.69, 9.17) is 4.74 Å². The molecule has 120 valence electrons. The number of ether oxygens (including phenoxy) is 1. The smallest absolute Gasteiger partial charge is 0.276 e. The van der Waals surface area contributed by atoms with Gasteiger partial charge in [-0.05, 0) is 36.8 Å². The molecule has 1 aromatic rings. The van der Waals surface area contributed by atoms with E-state index in [1.165, 1.54) is 0 Å². The topological polar surface area (TPSA) is 62.7 Å². The second-order valence-electron chi connectivity index (χ2n) is 5.75. The van der Waals surface area contributed by atoms with Gasteiger partial charge in [-0.2, -0.15) is 0 Å². The van der Waals surface area contributed by atoms with Crippen molar-refractivity contribution in [2.75, 3.05) is 26.3 Å². The van der Waals surface area contributed by atoms with E-state index in [0.29, 0.717) is 31.1 Å². The van der Waals surface area contributed by atoms with Crippen LogP contribution < -0.4 is 4.74 Å². The van der Waals surface area contributed by atoms with Gasteiger partial charge < -0.3 is 14.7 Å². The van der Waals surface area contributed by atoms with Gasteiger partial charge in [-0.15, -0.1) is 0 Å². The number of carbonyl (C=O) groups excluding carboxylic acids is 1. The molecule has 5 nitrogen and oxygen atoms in total. The van der Waals surface area contributed by atoms with Crippen molar-refractivity contribution in [3.8, 4) is 5.75 Å². The highest BCUT2D eigenvalue weighted by Crippen LogP contribution is 2.34. The van der Waals surface area contributed by atoms with Crippen LogP contribution >= 0.6 is 0 Å². The maximum atomic E-state index is 12.7. The Morgan fingerprint density at radius 3 is 2.86 bits per heavy atom. The molecular formula is C17H24N2O3. The molecule has 1 N–H and O–H groups in total. The number of carbonyl (C=O) groups is 1. The summed E-state index contributed by atoms with van der Waals surface area (Å²) >= 11 is 0. The lowest BCUT2D eigenvalue weighted by Gasteiger charge is -2.40. The average Bonchev–Trinajstić information content (AvgIpc) is 2.59. The molecule has 22 heavy (non-hydrogen) atoms. The van der Waals surface area contributed by atoms with Crippen molar-refractivity contribution in [1.29, 1.82) is 0 Å².